The molecule has 1 aromatic rings. The van der Waals surface area contributed by atoms with E-state index < -0.39 is 31.0 Å². The number of halogens is 1. The largest absolute Gasteiger partial charge is 0.394 e. The summed E-state index contributed by atoms with van der Waals surface area (Å²) in [5, 5.41) is 40.8. The van der Waals surface area contributed by atoms with Crippen LogP contribution in [0.15, 0.2) is 29.3 Å². The highest BCUT2D eigenvalue weighted by Crippen LogP contribution is 2.13. The molecule has 0 bridgehead atoms. The maximum atomic E-state index is 12.8. The number of aliphatic imine (C=N–C) groups is 1. The second-order valence-corrected chi connectivity index (χ2v) is 4.69. The van der Waals surface area contributed by atoms with Crippen molar-refractivity contribution in [1.82, 2.24) is 5.32 Å². The Morgan fingerprint density at radius 1 is 1.10 bits per heavy atom. The lowest BCUT2D eigenvalue weighted by atomic mass is 9.95. The van der Waals surface area contributed by atoms with Crippen molar-refractivity contribution >= 4 is 5.84 Å². The maximum Gasteiger partial charge on any atom is 0.139 e. The van der Waals surface area contributed by atoms with Crippen molar-refractivity contribution in [3.63, 3.8) is 0 Å². The number of rotatable bonds is 3. The molecule has 110 valence electrons. The van der Waals surface area contributed by atoms with Crippen LogP contribution in [0.4, 0.5) is 4.39 Å². The van der Waals surface area contributed by atoms with E-state index in [1.165, 1.54) is 12.1 Å². The quantitative estimate of drug-likeness (QED) is 0.478. The van der Waals surface area contributed by atoms with Crippen molar-refractivity contribution in [1.29, 1.82) is 0 Å². The van der Waals surface area contributed by atoms with Crippen LogP contribution in [0.5, 0.6) is 0 Å². The number of hydrogen-bond acceptors (Lipinski definition) is 5. The van der Waals surface area contributed by atoms with Gasteiger partial charge in [-0.05, 0) is 17.7 Å². The molecule has 0 aromatic heterocycles. The summed E-state index contributed by atoms with van der Waals surface area (Å²) < 4.78 is 12.8. The van der Waals surface area contributed by atoms with Crippen LogP contribution < -0.4 is 5.32 Å². The smallest absolute Gasteiger partial charge is 0.139 e. The third-order valence-electron chi connectivity index (χ3n) is 3.24. The summed E-state index contributed by atoms with van der Waals surface area (Å²) in [6, 6.07) is 4.93. The molecule has 1 aliphatic heterocycles. The zero-order valence-corrected chi connectivity index (χ0v) is 10.6. The SMILES string of the molecule is OC[C@H]1NC(=NCc2ccc(F)cc2)[C@H](O)[C@@H](O)[C@H]1O. The minimum absolute atomic E-state index is 0.0891. The van der Waals surface area contributed by atoms with Crippen LogP contribution in [0.1, 0.15) is 5.56 Å². The summed E-state index contributed by atoms with van der Waals surface area (Å²) in [6.07, 6.45) is -4.05. The number of aliphatic hydroxyl groups is 4. The Morgan fingerprint density at radius 2 is 1.75 bits per heavy atom. The molecule has 0 aliphatic carbocycles. The van der Waals surface area contributed by atoms with Gasteiger partial charge in [0, 0.05) is 0 Å². The minimum Gasteiger partial charge on any atom is -0.394 e. The number of nitrogens with one attached hydrogen (secondary N) is 1. The lowest BCUT2D eigenvalue weighted by molar-refractivity contribution is -0.0681. The molecule has 0 saturated carbocycles. The Hall–Kier alpha value is -1.54. The van der Waals surface area contributed by atoms with Gasteiger partial charge in [-0.3, -0.25) is 4.99 Å². The maximum absolute atomic E-state index is 12.8. The molecule has 0 radical (unpaired) electrons. The van der Waals surface area contributed by atoms with Gasteiger partial charge in [-0.1, -0.05) is 12.1 Å². The second-order valence-electron chi connectivity index (χ2n) is 4.69. The van der Waals surface area contributed by atoms with Gasteiger partial charge >= 0.3 is 0 Å². The molecule has 0 amide bonds. The van der Waals surface area contributed by atoms with E-state index in [0.29, 0.717) is 0 Å². The van der Waals surface area contributed by atoms with Crippen LogP contribution in [-0.2, 0) is 6.54 Å². The monoisotopic (exact) mass is 284 g/mol. The average molecular weight is 284 g/mol. The van der Waals surface area contributed by atoms with E-state index >= 15 is 0 Å². The van der Waals surface area contributed by atoms with Crippen LogP contribution in [0.2, 0.25) is 0 Å². The summed E-state index contributed by atoms with van der Waals surface area (Å²) in [5.41, 5.74) is 0.731. The molecule has 5 N–H and O–H groups in total. The summed E-state index contributed by atoms with van der Waals surface area (Å²) in [6.45, 7) is -0.221. The lowest BCUT2D eigenvalue weighted by Gasteiger charge is -2.36. The molecule has 4 atom stereocenters. The number of benzene rings is 1. The van der Waals surface area contributed by atoms with Crippen LogP contribution in [-0.4, -0.2) is 57.2 Å². The molecular weight excluding hydrogens is 267 g/mol. The normalized spacial score (nSPS) is 32.1. The van der Waals surface area contributed by atoms with E-state index in [1.54, 1.807) is 12.1 Å². The van der Waals surface area contributed by atoms with Crippen LogP contribution >= 0.6 is 0 Å². The van der Waals surface area contributed by atoms with Crippen molar-refractivity contribution in [3.8, 4) is 0 Å². The number of aliphatic hydroxyl groups excluding tert-OH is 4. The van der Waals surface area contributed by atoms with Gasteiger partial charge in [0.15, 0.2) is 0 Å². The van der Waals surface area contributed by atoms with Crippen LogP contribution in [0, 0.1) is 5.82 Å². The molecule has 7 heteroatoms. The second kappa shape index (κ2) is 6.27. The molecule has 1 saturated heterocycles. The topological polar surface area (TPSA) is 105 Å². The molecule has 0 spiro atoms. The highest BCUT2D eigenvalue weighted by molar-refractivity contribution is 5.88. The first kappa shape index (κ1) is 14.9. The van der Waals surface area contributed by atoms with Gasteiger partial charge in [-0.15, -0.1) is 0 Å². The molecule has 6 nitrogen and oxygen atoms in total. The summed E-state index contributed by atoms with van der Waals surface area (Å²) in [5.74, 6) is -0.262. The van der Waals surface area contributed by atoms with Gasteiger partial charge in [0.25, 0.3) is 0 Å². The summed E-state index contributed by atoms with van der Waals surface area (Å²) in [7, 11) is 0. The Balaban J connectivity index is 2.10. The predicted molar refractivity (Wildman–Crippen MR) is 69.6 cm³/mol. The van der Waals surface area contributed by atoms with Gasteiger partial charge in [0.05, 0.1) is 19.2 Å². The molecule has 20 heavy (non-hydrogen) atoms. The Kier molecular flexibility index (Phi) is 4.66. The Morgan fingerprint density at radius 3 is 2.35 bits per heavy atom. The molecule has 0 unspecified atom stereocenters. The first-order valence-corrected chi connectivity index (χ1v) is 6.23. The summed E-state index contributed by atoms with van der Waals surface area (Å²) in [4.78, 5) is 4.10. The Bertz CT molecular complexity index is 478. The minimum atomic E-state index is -1.42. The van der Waals surface area contributed by atoms with E-state index in [0.717, 1.165) is 5.56 Å². The van der Waals surface area contributed by atoms with E-state index in [9.17, 15) is 19.7 Å². The number of hydrogen-bond donors (Lipinski definition) is 5. The van der Waals surface area contributed by atoms with Gasteiger partial charge in [-0.25, -0.2) is 4.39 Å². The number of piperidine rings is 1. The summed E-state index contributed by atoms with van der Waals surface area (Å²) >= 11 is 0. The van der Waals surface area contributed by atoms with Crippen molar-refractivity contribution < 1.29 is 24.8 Å². The van der Waals surface area contributed by atoms with Crippen LogP contribution in [0.3, 0.4) is 0 Å². The third-order valence-corrected chi connectivity index (χ3v) is 3.24. The van der Waals surface area contributed by atoms with Gasteiger partial charge in [0.2, 0.25) is 0 Å². The van der Waals surface area contributed by atoms with E-state index in [4.69, 9.17) is 5.11 Å². The average Bonchev–Trinajstić information content (AvgIpc) is 2.46. The number of nitrogens with zero attached hydrogens (tertiary/aromatic N) is 1. The van der Waals surface area contributed by atoms with Gasteiger partial charge in [0.1, 0.15) is 30.0 Å². The highest BCUT2D eigenvalue weighted by atomic mass is 19.1. The van der Waals surface area contributed by atoms with Gasteiger partial charge < -0.3 is 25.7 Å². The fourth-order valence-electron chi connectivity index (χ4n) is 2.01. The number of amidine groups is 1. The molecule has 1 aromatic carbocycles. The molecule has 1 aliphatic rings. The molecule has 2 rings (SSSR count). The van der Waals surface area contributed by atoms with E-state index in [2.05, 4.69) is 10.3 Å². The first-order chi connectivity index (χ1) is 9.52. The fraction of sp³-hybridized carbons (Fsp3) is 0.462. The van der Waals surface area contributed by atoms with Crippen LogP contribution in [0.25, 0.3) is 0 Å². The van der Waals surface area contributed by atoms with Crippen molar-refractivity contribution in [2.45, 2.75) is 30.9 Å². The van der Waals surface area contributed by atoms with Crippen molar-refractivity contribution in [2.75, 3.05) is 6.61 Å². The predicted octanol–water partition coefficient (Wildman–Crippen LogP) is -1.23. The lowest BCUT2D eigenvalue weighted by Crippen LogP contribution is -2.63. The molecular formula is C13H17FN2O4. The molecule has 1 fully saturated rings. The van der Waals surface area contributed by atoms with E-state index in [1.807, 2.05) is 0 Å². The standard InChI is InChI=1S/C13H17FN2O4/c14-8-3-1-7(2-4-8)5-15-13-12(20)11(19)10(18)9(6-17)16-13/h1-4,9-12,17-20H,5-6H2,(H,15,16)/t9-,10+,11+,12-/m1/s1. The van der Waals surface area contributed by atoms with E-state index in [-0.39, 0.29) is 18.2 Å². The fourth-order valence-corrected chi connectivity index (χ4v) is 2.01. The zero-order valence-electron chi connectivity index (χ0n) is 10.6. The zero-order chi connectivity index (χ0) is 14.7. The molecule has 1 heterocycles. The Labute approximate surface area is 115 Å². The van der Waals surface area contributed by atoms with Gasteiger partial charge in [-0.2, -0.15) is 0 Å². The van der Waals surface area contributed by atoms with Crippen molar-refractivity contribution in [2.24, 2.45) is 4.99 Å². The third kappa shape index (κ3) is 3.13. The first-order valence-electron chi connectivity index (χ1n) is 6.23. The van der Waals surface area contributed by atoms with Crippen molar-refractivity contribution in [3.05, 3.63) is 35.6 Å². The highest BCUT2D eigenvalue weighted by Gasteiger charge is 2.39.